The quantitative estimate of drug-likeness (QED) is 0.347. The van der Waals surface area contributed by atoms with Gasteiger partial charge in [-0.3, -0.25) is 4.79 Å². The van der Waals surface area contributed by atoms with Crippen molar-refractivity contribution < 1.29 is 26.5 Å². The number of hydrogen-bond donors (Lipinski definition) is 2. The van der Waals surface area contributed by atoms with Gasteiger partial charge < -0.3 is 15.6 Å². The molecule has 0 unspecified atom stereocenters. The third kappa shape index (κ3) is 4.11. The Morgan fingerprint density at radius 3 is 2.45 bits per heavy atom. The number of nitrogen functional groups attached to an aromatic ring is 1. The van der Waals surface area contributed by atoms with E-state index in [4.69, 9.17) is 5.73 Å². The molecule has 0 saturated carbocycles. The number of benzene rings is 1. The summed E-state index contributed by atoms with van der Waals surface area (Å²) >= 11 is 3.77. The van der Waals surface area contributed by atoms with Crippen LogP contribution < -0.4 is 11.1 Å². The predicted molar refractivity (Wildman–Crippen MR) is 83.3 cm³/mol. The van der Waals surface area contributed by atoms with Gasteiger partial charge >= 0.3 is 5.25 Å². The Hall–Kier alpha value is -0.280. The van der Waals surface area contributed by atoms with Crippen LogP contribution in [0, 0.1) is 7.14 Å². The van der Waals surface area contributed by atoms with Crippen LogP contribution in [-0.2, 0) is 10.1 Å². The van der Waals surface area contributed by atoms with Gasteiger partial charge in [0.25, 0.3) is 5.91 Å². The highest BCUT2D eigenvalue weighted by atomic mass is 127. The average Bonchev–Trinajstić information content (AvgIpc) is 2.29. The zero-order chi connectivity index (χ0) is 15.7. The van der Waals surface area contributed by atoms with Crippen LogP contribution in [0.1, 0.15) is 10.4 Å². The van der Waals surface area contributed by atoms with Gasteiger partial charge in [0, 0.05) is 7.14 Å². The zero-order valence-corrected chi connectivity index (χ0v) is 14.6. The summed E-state index contributed by atoms with van der Waals surface area (Å²) < 4.78 is 57.9. The largest absolute Gasteiger partial charge is 0.743 e. The van der Waals surface area contributed by atoms with Crippen molar-refractivity contribution >= 4 is 66.9 Å². The summed E-state index contributed by atoms with van der Waals surface area (Å²) in [6.45, 7) is -1.61. The average molecular weight is 531 g/mol. The first-order valence-electron chi connectivity index (χ1n) is 4.81. The van der Waals surface area contributed by atoms with Gasteiger partial charge in [0.05, 0.1) is 17.8 Å². The minimum Gasteiger partial charge on any atom is -0.743 e. The van der Waals surface area contributed by atoms with E-state index >= 15 is 0 Å². The molecule has 112 valence electrons. The second-order valence-electron chi connectivity index (χ2n) is 3.62. The Morgan fingerprint density at radius 1 is 1.40 bits per heavy atom. The summed E-state index contributed by atoms with van der Waals surface area (Å²) in [5, 5.41) is -2.89. The molecule has 0 saturated heterocycles. The molecule has 0 fully saturated rings. The number of nitrogens with one attached hydrogen (secondary N) is 1. The van der Waals surface area contributed by atoms with Gasteiger partial charge in [-0.1, -0.05) is 0 Å². The van der Waals surface area contributed by atoms with Crippen molar-refractivity contribution in [2.75, 3.05) is 12.3 Å². The fourth-order valence-corrected chi connectivity index (χ4v) is 3.23. The van der Waals surface area contributed by atoms with E-state index in [1.165, 1.54) is 6.07 Å². The van der Waals surface area contributed by atoms with Gasteiger partial charge in [-0.25, -0.2) is 8.42 Å². The molecule has 1 aromatic rings. The van der Waals surface area contributed by atoms with Crippen molar-refractivity contribution in [3.8, 4) is 0 Å². The summed E-state index contributed by atoms with van der Waals surface area (Å²) in [7, 11) is -5.84. The number of nitrogens with two attached hydrogens (primary N) is 1. The molecule has 0 bridgehead atoms. The number of carbonyl (C=O) groups excluding carboxylic acids is 1. The first kappa shape index (κ1) is 17.8. The number of alkyl halides is 2. The normalized spacial score (nSPS) is 12.2. The van der Waals surface area contributed by atoms with Crippen LogP contribution in [0.5, 0.6) is 0 Å². The van der Waals surface area contributed by atoms with Crippen molar-refractivity contribution in [1.82, 2.24) is 5.32 Å². The molecule has 0 heterocycles. The SMILES string of the molecule is Nc1c(I)cc(I)cc1C(=O)NCC(F)(F)S(=O)(=O)[O-]. The number of halogens is 4. The van der Waals surface area contributed by atoms with Crippen molar-refractivity contribution in [2.45, 2.75) is 5.25 Å². The standard InChI is InChI=1S/C9H8F2I2N2O4S/c10-9(11,20(17,18)19)3-15-8(16)5-1-4(12)2-6(13)7(5)14/h1-2H,3,14H2,(H,15,16)(H,17,18,19)/p-1. The lowest BCUT2D eigenvalue weighted by Gasteiger charge is -2.20. The molecule has 0 aliphatic carbocycles. The topological polar surface area (TPSA) is 112 Å². The lowest BCUT2D eigenvalue weighted by molar-refractivity contribution is 0.0692. The lowest BCUT2D eigenvalue weighted by atomic mass is 10.1. The molecule has 0 aliphatic rings. The maximum atomic E-state index is 12.9. The van der Waals surface area contributed by atoms with E-state index in [1.54, 1.807) is 11.4 Å². The van der Waals surface area contributed by atoms with Crippen LogP contribution in [-0.4, -0.2) is 30.7 Å². The van der Waals surface area contributed by atoms with Crippen LogP contribution in [0.4, 0.5) is 14.5 Å². The molecular weight excluding hydrogens is 524 g/mol. The summed E-state index contributed by atoms with van der Waals surface area (Å²) in [6.07, 6.45) is 0. The van der Waals surface area contributed by atoms with E-state index in [1.807, 2.05) is 45.2 Å². The molecule has 0 radical (unpaired) electrons. The van der Waals surface area contributed by atoms with Gasteiger partial charge in [0.15, 0.2) is 10.1 Å². The first-order chi connectivity index (χ1) is 8.95. The Labute approximate surface area is 140 Å². The molecule has 20 heavy (non-hydrogen) atoms. The van der Waals surface area contributed by atoms with Crippen LogP contribution in [0.2, 0.25) is 0 Å². The second-order valence-corrected chi connectivity index (χ2v) is 7.54. The van der Waals surface area contributed by atoms with E-state index in [-0.39, 0.29) is 11.3 Å². The summed E-state index contributed by atoms with van der Waals surface area (Å²) in [5.74, 6) is -0.984. The van der Waals surface area contributed by atoms with Crippen LogP contribution in [0.3, 0.4) is 0 Å². The maximum Gasteiger partial charge on any atom is 0.351 e. The minimum atomic E-state index is -5.84. The van der Waals surface area contributed by atoms with Crippen molar-refractivity contribution in [3.63, 3.8) is 0 Å². The third-order valence-corrected chi connectivity index (χ3v) is 4.55. The van der Waals surface area contributed by atoms with Gasteiger partial charge in [0.1, 0.15) is 0 Å². The predicted octanol–water partition coefficient (Wildman–Crippen LogP) is 1.35. The van der Waals surface area contributed by atoms with E-state index in [0.717, 1.165) is 0 Å². The Kier molecular flexibility index (Phi) is 5.53. The highest BCUT2D eigenvalue weighted by Crippen LogP contribution is 2.24. The number of rotatable bonds is 4. The smallest absolute Gasteiger partial charge is 0.351 e. The van der Waals surface area contributed by atoms with Crippen LogP contribution >= 0.6 is 45.2 Å². The molecular formula is C9H7F2I2N2O4S-. The Bertz CT molecular complexity index is 652. The van der Waals surface area contributed by atoms with Gasteiger partial charge in [-0.15, -0.1) is 0 Å². The molecule has 0 spiro atoms. The number of amides is 1. The molecule has 11 heteroatoms. The molecule has 6 nitrogen and oxygen atoms in total. The number of hydrogen-bond acceptors (Lipinski definition) is 5. The number of anilines is 1. The van der Waals surface area contributed by atoms with E-state index in [9.17, 15) is 26.5 Å². The second kappa shape index (κ2) is 6.23. The van der Waals surface area contributed by atoms with Gasteiger partial charge in [0.2, 0.25) is 0 Å². The minimum absolute atomic E-state index is 0.0691. The summed E-state index contributed by atoms with van der Waals surface area (Å²) in [5.41, 5.74) is 5.65. The lowest BCUT2D eigenvalue weighted by Crippen LogP contribution is -2.42. The molecule has 1 rings (SSSR count). The van der Waals surface area contributed by atoms with Crippen molar-refractivity contribution in [2.24, 2.45) is 0 Å². The molecule has 0 aromatic heterocycles. The summed E-state index contributed by atoms with van der Waals surface area (Å²) in [4.78, 5) is 11.7. The van der Waals surface area contributed by atoms with E-state index in [0.29, 0.717) is 7.14 Å². The Balaban J connectivity index is 2.94. The highest BCUT2D eigenvalue weighted by molar-refractivity contribution is 14.1. The molecule has 1 amide bonds. The number of carbonyl (C=O) groups is 1. The zero-order valence-electron chi connectivity index (χ0n) is 9.49. The monoisotopic (exact) mass is 531 g/mol. The van der Waals surface area contributed by atoms with Crippen LogP contribution in [0.25, 0.3) is 0 Å². The first-order valence-corrected chi connectivity index (χ1v) is 8.38. The summed E-state index contributed by atoms with van der Waals surface area (Å²) in [6, 6.07) is 3.03. The molecule has 0 atom stereocenters. The van der Waals surface area contributed by atoms with Crippen LogP contribution in [0.15, 0.2) is 12.1 Å². The van der Waals surface area contributed by atoms with Gasteiger partial charge in [-0.2, -0.15) is 8.78 Å². The maximum absolute atomic E-state index is 12.9. The highest BCUT2D eigenvalue weighted by Gasteiger charge is 2.38. The molecule has 3 N–H and O–H groups in total. The third-order valence-electron chi connectivity index (χ3n) is 2.16. The fourth-order valence-electron chi connectivity index (χ4n) is 1.14. The fraction of sp³-hybridized carbons (Fsp3) is 0.222. The van der Waals surface area contributed by atoms with Crippen molar-refractivity contribution in [1.29, 1.82) is 0 Å². The molecule has 0 aliphatic heterocycles. The van der Waals surface area contributed by atoms with Crippen molar-refractivity contribution in [3.05, 3.63) is 24.8 Å². The van der Waals surface area contributed by atoms with Gasteiger partial charge in [-0.05, 0) is 57.3 Å². The van der Waals surface area contributed by atoms with E-state index in [2.05, 4.69) is 0 Å². The Morgan fingerprint density at radius 2 is 1.95 bits per heavy atom. The van der Waals surface area contributed by atoms with E-state index < -0.39 is 27.8 Å². The molecule has 1 aromatic carbocycles.